The molecule has 152 valence electrons. The Hall–Kier alpha value is -3.02. The number of carbonyl (C=O) groups is 1. The summed E-state index contributed by atoms with van der Waals surface area (Å²) in [5.41, 5.74) is 2.37. The molecule has 4 rings (SSSR count). The molecule has 1 aromatic heterocycles. The first-order valence-corrected chi connectivity index (χ1v) is 10.2. The molecule has 1 N–H and O–H groups in total. The van der Waals surface area contributed by atoms with Crippen molar-refractivity contribution >= 4 is 40.1 Å². The van der Waals surface area contributed by atoms with E-state index >= 15 is 0 Å². The van der Waals surface area contributed by atoms with Gasteiger partial charge in [0.25, 0.3) is 5.91 Å². The van der Waals surface area contributed by atoms with Crippen molar-refractivity contribution in [2.45, 2.75) is 13.1 Å². The lowest BCUT2D eigenvalue weighted by molar-refractivity contribution is 0.0949. The van der Waals surface area contributed by atoms with Gasteiger partial charge in [0.1, 0.15) is 18.2 Å². The zero-order valence-corrected chi connectivity index (χ0v) is 17.5. The third kappa shape index (κ3) is 4.75. The van der Waals surface area contributed by atoms with E-state index in [2.05, 4.69) is 14.9 Å². The first-order valence-electron chi connectivity index (χ1n) is 9.46. The molecule has 5 nitrogen and oxygen atoms in total. The first-order chi connectivity index (χ1) is 14.6. The van der Waals surface area contributed by atoms with E-state index < -0.39 is 0 Å². The molecule has 0 spiro atoms. The van der Waals surface area contributed by atoms with Crippen LogP contribution in [0.2, 0.25) is 10.0 Å². The van der Waals surface area contributed by atoms with E-state index in [1.54, 1.807) is 36.4 Å². The highest BCUT2D eigenvalue weighted by Crippen LogP contribution is 2.18. The number of benzene rings is 3. The Morgan fingerprint density at radius 2 is 1.77 bits per heavy atom. The lowest BCUT2D eigenvalue weighted by Gasteiger charge is -2.12. The van der Waals surface area contributed by atoms with Crippen LogP contribution >= 0.6 is 23.2 Å². The van der Waals surface area contributed by atoms with Crippen molar-refractivity contribution in [2.75, 3.05) is 6.61 Å². The van der Waals surface area contributed by atoms with Gasteiger partial charge in [0.2, 0.25) is 0 Å². The Morgan fingerprint density at radius 3 is 2.57 bits per heavy atom. The van der Waals surface area contributed by atoms with Crippen LogP contribution in [-0.2, 0) is 13.1 Å². The number of nitrogens with zero attached hydrogens (tertiary/aromatic N) is 2. The fourth-order valence-electron chi connectivity index (χ4n) is 3.19. The van der Waals surface area contributed by atoms with Gasteiger partial charge in [-0.2, -0.15) is 0 Å². The second-order valence-electron chi connectivity index (χ2n) is 6.66. The molecule has 7 heteroatoms. The second kappa shape index (κ2) is 9.20. The summed E-state index contributed by atoms with van der Waals surface area (Å²) < 4.78 is 7.90. The Morgan fingerprint density at radius 1 is 0.967 bits per heavy atom. The fourth-order valence-corrected chi connectivity index (χ4v) is 3.50. The van der Waals surface area contributed by atoms with Gasteiger partial charge in [-0.05, 0) is 54.6 Å². The second-order valence-corrected chi connectivity index (χ2v) is 7.54. The molecule has 0 atom stereocenters. The number of imidazole rings is 1. The molecule has 0 aliphatic rings. The van der Waals surface area contributed by atoms with Crippen molar-refractivity contribution < 1.29 is 9.53 Å². The number of hydrogen-bond donors (Lipinski definition) is 1. The summed E-state index contributed by atoms with van der Waals surface area (Å²) in [5, 5.41) is 4.11. The summed E-state index contributed by atoms with van der Waals surface area (Å²) in [6, 6.07) is 22.0. The Labute approximate surface area is 184 Å². The van der Waals surface area contributed by atoms with Crippen LogP contribution in [0.3, 0.4) is 0 Å². The molecular formula is C23H19Cl2N3O2. The molecule has 0 saturated carbocycles. The predicted molar refractivity (Wildman–Crippen MR) is 119 cm³/mol. The van der Waals surface area contributed by atoms with Gasteiger partial charge in [0.05, 0.1) is 24.1 Å². The standard InChI is InChI=1S/C23H19Cl2N3O2/c24-17-8-10-19(11-9-17)30-13-12-28-21-7-2-1-6-20(21)27-22(28)15-26-23(29)16-4-3-5-18(25)14-16/h1-11,14H,12-13,15H2,(H,26,29). The highest BCUT2D eigenvalue weighted by atomic mass is 35.5. The molecule has 0 radical (unpaired) electrons. The minimum atomic E-state index is -0.200. The Balaban J connectivity index is 1.48. The minimum Gasteiger partial charge on any atom is -0.492 e. The molecule has 0 fully saturated rings. The summed E-state index contributed by atoms with van der Waals surface area (Å²) in [7, 11) is 0. The number of amides is 1. The van der Waals surface area contributed by atoms with Gasteiger partial charge in [0.15, 0.2) is 0 Å². The lowest BCUT2D eigenvalue weighted by Crippen LogP contribution is -2.25. The third-order valence-corrected chi connectivity index (χ3v) is 5.11. The van der Waals surface area contributed by atoms with E-state index in [1.165, 1.54) is 0 Å². The first kappa shape index (κ1) is 20.3. The van der Waals surface area contributed by atoms with Crippen LogP contribution in [0, 0.1) is 0 Å². The summed E-state index contributed by atoms with van der Waals surface area (Å²) >= 11 is 11.9. The number of ether oxygens (including phenoxy) is 1. The molecule has 0 unspecified atom stereocenters. The Bertz CT molecular complexity index is 1170. The molecule has 30 heavy (non-hydrogen) atoms. The van der Waals surface area contributed by atoms with E-state index in [9.17, 15) is 4.79 Å². The highest BCUT2D eigenvalue weighted by molar-refractivity contribution is 6.31. The van der Waals surface area contributed by atoms with Gasteiger partial charge in [-0.1, -0.05) is 41.4 Å². The van der Waals surface area contributed by atoms with Gasteiger partial charge in [-0.25, -0.2) is 4.98 Å². The number of hydrogen-bond acceptors (Lipinski definition) is 3. The average molecular weight is 440 g/mol. The van der Waals surface area contributed by atoms with Crippen molar-refractivity contribution in [1.29, 1.82) is 0 Å². The van der Waals surface area contributed by atoms with Crippen molar-refractivity contribution in [3.63, 3.8) is 0 Å². The molecule has 0 aliphatic heterocycles. The topological polar surface area (TPSA) is 56.2 Å². The van der Waals surface area contributed by atoms with Crippen LogP contribution < -0.4 is 10.1 Å². The normalized spacial score (nSPS) is 10.9. The molecule has 1 heterocycles. The number of aromatic nitrogens is 2. The molecule has 0 saturated heterocycles. The molecule has 3 aromatic carbocycles. The van der Waals surface area contributed by atoms with Crippen molar-refractivity contribution in [3.05, 3.63) is 94.2 Å². The average Bonchev–Trinajstić information content (AvgIpc) is 3.11. The zero-order chi connectivity index (χ0) is 20.9. The molecule has 4 aromatic rings. The van der Waals surface area contributed by atoms with Gasteiger partial charge in [-0.15, -0.1) is 0 Å². The largest absolute Gasteiger partial charge is 0.492 e. The molecule has 0 aliphatic carbocycles. The number of carbonyl (C=O) groups excluding carboxylic acids is 1. The van der Waals surface area contributed by atoms with E-state index in [0.717, 1.165) is 22.6 Å². The fraction of sp³-hybridized carbons (Fsp3) is 0.130. The third-order valence-electron chi connectivity index (χ3n) is 4.62. The van der Waals surface area contributed by atoms with E-state index in [-0.39, 0.29) is 5.91 Å². The van der Waals surface area contributed by atoms with E-state index in [4.69, 9.17) is 27.9 Å². The number of fused-ring (bicyclic) bond motifs is 1. The Kier molecular flexibility index (Phi) is 6.21. The van der Waals surface area contributed by atoms with E-state index in [1.807, 2.05) is 36.4 Å². The maximum Gasteiger partial charge on any atom is 0.251 e. The zero-order valence-electron chi connectivity index (χ0n) is 16.0. The van der Waals surface area contributed by atoms with Crippen LogP contribution in [0.4, 0.5) is 0 Å². The molecular weight excluding hydrogens is 421 g/mol. The van der Waals surface area contributed by atoms with E-state index in [0.29, 0.717) is 35.3 Å². The number of rotatable bonds is 7. The number of halogens is 2. The summed E-state index contributed by atoms with van der Waals surface area (Å²) in [6.45, 7) is 1.34. The quantitative estimate of drug-likeness (QED) is 0.422. The monoisotopic (exact) mass is 439 g/mol. The number of nitrogens with one attached hydrogen (secondary N) is 1. The SMILES string of the molecule is O=C(NCc1nc2ccccc2n1CCOc1ccc(Cl)cc1)c1cccc(Cl)c1. The van der Waals surface area contributed by atoms with Crippen LogP contribution in [0.5, 0.6) is 5.75 Å². The predicted octanol–water partition coefficient (Wildman–Crippen LogP) is 5.35. The van der Waals surface area contributed by atoms with Crippen molar-refractivity contribution in [3.8, 4) is 5.75 Å². The van der Waals surface area contributed by atoms with Crippen LogP contribution in [-0.4, -0.2) is 22.1 Å². The number of para-hydroxylation sites is 2. The molecule has 0 bridgehead atoms. The summed E-state index contributed by atoms with van der Waals surface area (Å²) in [5.74, 6) is 1.31. The smallest absolute Gasteiger partial charge is 0.251 e. The molecule has 1 amide bonds. The highest BCUT2D eigenvalue weighted by Gasteiger charge is 2.13. The van der Waals surface area contributed by atoms with Gasteiger partial charge >= 0.3 is 0 Å². The van der Waals surface area contributed by atoms with Crippen molar-refractivity contribution in [1.82, 2.24) is 14.9 Å². The summed E-state index contributed by atoms with van der Waals surface area (Å²) in [4.78, 5) is 17.2. The van der Waals surface area contributed by atoms with Crippen LogP contribution in [0.25, 0.3) is 11.0 Å². The van der Waals surface area contributed by atoms with Gasteiger partial charge in [-0.3, -0.25) is 4.79 Å². The lowest BCUT2D eigenvalue weighted by atomic mass is 10.2. The van der Waals surface area contributed by atoms with Gasteiger partial charge < -0.3 is 14.6 Å². The summed E-state index contributed by atoms with van der Waals surface area (Å²) in [6.07, 6.45) is 0. The van der Waals surface area contributed by atoms with Gasteiger partial charge in [0, 0.05) is 15.6 Å². The maximum atomic E-state index is 12.5. The van der Waals surface area contributed by atoms with Crippen LogP contribution in [0.1, 0.15) is 16.2 Å². The van der Waals surface area contributed by atoms with Crippen LogP contribution in [0.15, 0.2) is 72.8 Å². The van der Waals surface area contributed by atoms with Crippen molar-refractivity contribution in [2.24, 2.45) is 0 Å². The maximum absolute atomic E-state index is 12.5. The minimum absolute atomic E-state index is 0.200.